The van der Waals surface area contributed by atoms with Crippen molar-refractivity contribution < 1.29 is 4.79 Å². The first-order valence-corrected chi connectivity index (χ1v) is 9.86. The molecule has 1 aliphatic carbocycles. The average molecular weight is 344 g/mol. The lowest BCUT2D eigenvalue weighted by Crippen LogP contribution is -2.57. The van der Waals surface area contributed by atoms with Crippen molar-refractivity contribution in [2.45, 2.75) is 52.0 Å². The molecule has 2 aliphatic rings. The molecule has 128 valence electrons. The Morgan fingerprint density at radius 1 is 1.21 bits per heavy atom. The van der Waals surface area contributed by atoms with Gasteiger partial charge >= 0.3 is 0 Å². The van der Waals surface area contributed by atoms with Gasteiger partial charge in [-0.1, -0.05) is 6.92 Å². The van der Waals surface area contributed by atoms with Crippen LogP contribution in [0.3, 0.4) is 0 Å². The van der Waals surface area contributed by atoms with E-state index in [2.05, 4.69) is 28.7 Å². The van der Waals surface area contributed by atoms with Gasteiger partial charge in [0.05, 0.1) is 5.39 Å². The van der Waals surface area contributed by atoms with Crippen molar-refractivity contribution in [2.75, 3.05) is 24.5 Å². The summed E-state index contributed by atoms with van der Waals surface area (Å²) in [6.07, 6.45) is 7.28. The number of amides is 1. The van der Waals surface area contributed by atoms with E-state index in [-0.39, 0.29) is 11.9 Å². The van der Waals surface area contributed by atoms with Crippen LogP contribution in [0.25, 0.3) is 10.2 Å². The van der Waals surface area contributed by atoms with Crippen molar-refractivity contribution in [3.05, 3.63) is 16.8 Å². The average Bonchev–Trinajstić information content (AvgIpc) is 3.00. The minimum Gasteiger partial charge on any atom is -0.342 e. The number of carbonyl (C=O) groups excluding carboxylic acids is 1. The fraction of sp³-hybridized carbons (Fsp3) is 0.611. The quantitative estimate of drug-likeness (QED) is 0.859. The molecule has 6 heteroatoms. The Kier molecular flexibility index (Phi) is 4.16. The molecule has 1 saturated heterocycles. The van der Waals surface area contributed by atoms with E-state index in [1.54, 1.807) is 6.33 Å². The van der Waals surface area contributed by atoms with Gasteiger partial charge in [0.25, 0.3) is 0 Å². The smallest absolute Gasteiger partial charge is 0.245 e. The van der Waals surface area contributed by atoms with E-state index in [1.807, 2.05) is 16.2 Å². The van der Waals surface area contributed by atoms with Gasteiger partial charge in [-0.3, -0.25) is 4.79 Å². The van der Waals surface area contributed by atoms with Gasteiger partial charge < -0.3 is 9.80 Å². The molecule has 5 nitrogen and oxygen atoms in total. The van der Waals surface area contributed by atoms with Crippen molar-refractivity contribution in [1.82, 2.24) is 14.9 Å². The second-order valence-electron chi connectivity index (χ2n) is 6.62. The first-order chi connectivity index (χ1) is 11.7. The first-order valence-electron chi connectivity index (χ1n) is 9.05. The number of nitrogens with zero attached hydrogens (tertiary/aromatic N) is 4. The Bertz CT molecular complexity index is 772. The summed E-state index contributed by atoms with van der Waals surface area (Å²) >= 11 is 1.82. The Balaban J connectivity index is 1.81. The van der Waals surface area contributed by atoms with E-state index < -0.39 is 0 Å². The molecule has 0 N–H and O–H groups in total. The van der Waals surface area contributed by atoms with Crippen LogP contribution in [0, 0.1) is 0 Å². The van der Waals surface area contributed by atoms with Crippen molar-refractivity contribution in [2.24, 2.45) is 0 Å². The van der Waals surface area contributed by atoms with Crippen LogP contribution in [-0.4, -0.2) is 46.5 Å². The summed E-state index contributed by atoms with van der Waals surface area (Å²) in [5.74, 6) is 1.22. The number of anilines is 1. The van der Waals surface area contributed by atoms with Crippen LogP contribution in [0.2, 0.25) is 0 Å². The highest BCUT2D eigenvalue weighted by Gasteiger charge is 2.35. The van der Waals surface area contributed by atoms with Crippen LogP contribution in [0.15, 0.2) is 6.33 Å². The fourth-order valence-corrected chi connectivity index (χ4v) is 5.32. The van der Waals surface area contributed by atoms with E-state index >= 15 is 0 Å². The fourth-order valence-electron chi connectivity index (χ4n) is 4.09. The Morgan fingerprint density at radius 3 is 2.83 bits per heavy atom. The number of hydrogen-bond donors (Lipinski definition) is 0. The summed E-state index contributed by atoms with van der Waals surface area (Å²) in [7, 11) is 0. The lowest BCUT2D eigenvalue weighted by molar-refractivity contribution is -0.134. The number of carbonyl (C=O) groups is 1. The lowest BCUT2D eigenvalue weighted by atomic mass is 9.96. The Labute approximate surface area is 146 Å². The number of fused-ring (bicyclic) bond motifs is 3. The molecular formula is C18H24N4OS. The molecule has 0 unspecified atom stereocenters. The van der Waals surface area contributed by atoms with Gasteiger partial charge in [-0.25, -0.2) is 9.97 Å². The van der Waals surface area contributed by atoms with Crippen LogP contribution < -0.4 is 4.90 Å². The van der Waals surface area contributed by atoms with Crippen molar-refractivity contribution >= 4 is 33.3 Å². The maximum Gasteiger partial charge on any atom is 0.245 e. The van der Waals surface area contributed by atoms with Gasteiger partial charge in [0.15, 0.2) is 0 Å². The molecule has 1 amide bonds. The molecule has 2 aromatic rings. The second kappa shape index (κ2) is 6.31. The van der Waals surface area contributed by atoms with Gasteiger partial charge in [-0.2, -0.15) is 0 Å². The molecule has 24 heavy (non-hydrogen) atoms. The Morgan fingerprint density at radius 2 is 2.04 bits per heavy atom. The van der Waals surface area contributed by atoms with Crippen molar-refractivity contribution in [1.29, 1.82) is 0 Å². The SMILES string of the molecule is CC[C@@H]1C(=O)N(CC)CCN1c1ncnc2sc3c(c12)CCCC3. The third-order valence-electron chi connectivity index (χ3n) is 5.36. The van der Waals surface area contributed by atoms with Gasteiger partial charge in [-0.05, 0) is 44.6 Å². The van der Waals surface area contributed by atoms with Crippen LogP contribution in [0.5, 0.6) is 0 Å². The molecule has 0 bridgehead atoms. The van der Waals surface area contributed by atoms with Gasteiger partial charge in [-0.15, -0.1) is 11.3 Å². The molecule has 2 aromatic heterocycles. The van der Waals surface area contributed by atoms with Crippen LogP contribution in [-0.2, 0) is 17.6 Å². The number of aromatic nitrogens is 2. The minimum absolute atomic E-state index is 0.101. The number of aryl methyl sites for hydroxylation is 2. The molecule has 1 fully saturated rings. The van der Waals surface area contributed by atoms with Gasteiger partial charge in [0.2, 0.25) is 5.91 Å². The summed E-state index contributed by atoms with van der Waals surface area (Å²) in [5.41, 5.74) is 1.44. The van der Waals surface area contributed by atoms with Crippen LogP contribution in [0.1, 0.15) is 43.6 Å². The zero-order valence-corrected chi connectivity index (χ0v) is 15.2. The van der Waals surface area contributed by atoms with E-state index in [1.165, 1.54) is 28.7 Å². The normalized spacial score (nSPS) is 21.4. The monoisotopic (exact) mass is 344 g/mol. The predicted molar refractivity (Wildman–Crippen MR) is 97.7 cm³/mol. The molecule has 0 saturated carbocycles. The maximum absolute atomic E-state index is 12.8. The standard InChI is InChI=1S/C18H24N4OS/c1-3-13-18(23)21(4-2)9-10-22(13)16-15-12-7-5-6-8-14(12)24-17(15)20-11-19-16/h11,13H,3-10H2,1-2H3/t13-/m1/s1. The van der Waals surface area contributed by atoms with E-state index in [0.717, 1.165) is 49.5 Å². The second-order valence-corrected chi connectivity index (χ2v) is 7.71. The molecule has 3 heterocycles. The molecular weight excluding hydrogens is 320 g/mol. The van der Waals surface area contributed by atoms with Crippen molar-refractivity contribution in [3.8, 4) is 0 Å². The Hall–Kier alpha value is -1.69. The van der Waals surface area contributed by atoms with E-state index in [9.17, 15) is 4.79 Å². The minimum atomic E-state index is -0.101. The van der Waals surface area contributed by atoms with Gasteiger partial charge in [0, 0.05) is 24.5 Å². The number of thiophene rings is 1. The summed E-state index contributed by atoms with van der Waals surface area (Å²) < 4.78 is 0. The first kappa shape index (κ1) is 15.8. The number of likely N-dealkylation sites (N-methyl/N-ethyl adjacent to an activating group) is 1. The summed E-state index contributed by atoms with van der Waals surface area (Å²) in [6.45, 7) is 6.57. The van der Waals surface area contributed by atoms with Crippen molar-refractivity contribution in [3.63, 3.8) is 0 Å². The largest absolute Gasteiger partial charge is 0.342 e. The predicted octanol–water partition coefficient (Wildman–Crippen LogP) is 3.02. The zero-order chi connectivity index (χ0) is 16.7. The lowest BCUT2D eigenvalue weighted by Gasteiger charge is -2.41. The highest BCUT2D eigenvalue weighted by atomic mass is 32.1. The van der Waals surface area contributed by atoms with Crippen LogP contribution >= 0.6 is 11.3 Å². The topological polar surface area (TPSA) is 49.3 Å². The summed E-state index contributed by atoms with van der Waals surface area (Å²) in [6, 6.07) is -0.101. The number of rotatable bonds is 3. The number of piperazine rings is 1. The maximum atomic E-state index is 12.8. The molecule has 0 aromatic carbocycles. The van der Waals surface area contributed by atoms with E-state index in [4.69, 9.17) is 0 Å². The molecule has 0 radical (unpaired) electrons. The molecule has 4 rings (SSSR count). The van der Waals surface area contributed by atoms with Gasteiger partial charge in [0.1, 0.15) is 23.0 Å². The highest BCUT2D eigenvalue weighted by molar-refractivity contribution is 7.19. The number of hydrogen-bond acceptors (Lipinski definition) is 5. The zero-order valence-electron chi connectivity index (χ0n) is 14.4. The third-order valence-corrected chi connectivity index (χ3v) is 6.56. The summed E-state index contributed by atoms with van der Waals surface area (Å²) in [5, 5.41) is 1.22. The molecule has 1 atom stereocenters. The third kappa shape index (κ3) is 2.39. The highest BCUT2D eigenvalue weighted by Crippen LogP contribution is 2.40. The molecule has 0 spiro atoms. The van der Waals surface area contributed by atoms with Crippen LogP contribution in [0.4, 0.5) is 5.82 Å². The summed E-state index contributed by atoms with van der Waals surface area (Å²) in [4.78, 5) is 28.7. The molecule has 1 aliphatic heterocycles. The van der Waals surface area contributed by atoms with E-state index in [0.29, 0.717) is 0 Å².